The predicted molar refractivity (Wildman–Crippen MR) is 144 cm³/mol. The number of Topliss-reactive ketones (excluding diaryl/α,β-unsaturated/α-hetero) is 1. The van der Waals surface area contributed by atoms with Crippen LogP contribution in [0.1, 0.15) is 42.2 Å². The lowest BCUT2D eigenvalue weighted by Gasteiger charge is -2.34. The van der Waals surface area contributed by atoms with E-state index in [1.165, 1.54) is 18.1 Å². The molecule has 1 aromatic heterocycles. The van der Waals surface area contributed by atoms with Gasteiger partial charge in [0.1, 0.15) is 30.3 Å². The van der Waals surface area contributed by atoms with Crippen LogP contribution in [0, 0.1) is 0 Å². The molecule has 0 saturated carbocycles. The molecule has 1 fully saturated rings. The van der Waals surface area contributed by atoms with Gasteiger partial charge in [-0.1, -0.05) is 54.6 Å². The standard InChI is InChI=1S/C29H29N5O6/c1-19(36)15-22(18-35)31-25(37)17-34-29(40)24(11-12-26(38)33(34)16-20-7-3-2-4-8-20)32-28(39)27-23-10-6-5-9-21(23)13-14-30-27/h2-10,13-14,18,22,24H,11-12,15-17H2,1H3,(H,31,37)(H,32,39)/t22-,24-/m0/s1. The maximum Gasteiger partial charge on any atom is 0.271 e. The number of benzene rings is 2. The largest absolute Gasteiger partial charge is 0.345 e. The Bertz CT molecular complexity index is 1440. The quantitative estimate of drug-likeness (QED) is 0.369. The molecular formula is C29H29N5O6. The zero-order valence-corrected chi connectivity index (χ0v) is 21.9. The molecule has 4 rings (SSSR count). The van der Waals surface area contributed by atoms with Gasteiger partial charge in [0.05, 0.1) is 12.6 Å². The summed E-state index contributed by atoms with van der Waals surface area (Å²) in [5.74, 6) is -2.71. The van der Waals surface area contributed by atoms with Gasteiger partial charge in [0.15, 0.2) is 0 Å². The number of aldehydes is 1. The highest BCUT2D eigenvalue weighted by molar-refractivity contribution is 6.06. The number of hydrogen-bond acceptors (Lipinski definition) is 7. The van der Waals surface area contributed by atoms with Crippen LogP contribution in [0.4, 0.5) is 0 Å². The molecule has 2 N–H and O–H groups in total. The minimum Gasteiger partial charge on any atom is -0.345 e. The molecule has 11 heteroatoms. The summed E-state index contributed by atoms with van der Waals surface area (Å²) in [5.41, 5.74) is 0.851. The van der Waals surface area contributed by atoms with Gasteiger partial charge in [-0.3, -0.25) is 29.0 Å². The van der Waals surface area contributed by atoms with E-state index < -0.39 is 42.3 Å². The first-order chi connectivity index (χ1) is 19.3. The Morgan fingerprint density at radius 2 is 1.75 bits per heavy atom. The summed E-state index contributed by atoms with van der Waals surface area (Å²) >= 11 is 0. The van der Waals surface area contributed by atoms with Gasteiger partial charge >= 0.3 is 0 Å². The van der Waals surface area contributed by atoms with E-state index in [1.54, 1.807) is 42.5 Å². The lowest BCUT2D eigenvalue weighted by atomic mass is 10.1. The van der Waals surface area contributed by atoms with Crippen molar-refractivity contribution in [3.05, 3.63) is 78.1 Å². The van der Waals surface area contributed by atoms with Gasteiger partial charge in [-0.25, -0.2) is 10.0 Å². The summed E-state index contributed by atoms with van der Waals surface area (Å²) < 4.78 is 0. The summed E-state index contributed by atoms with van der Waals surface area (Å²) in [6.07, 6.45) is 1.69. The fraction of sp³-hybridized carbons (Fsp3) is 0.276. The highest BCUT2D eigenvalue weighted by Gasteiger charge is 2.38. The van der Waals surface area contributed by atoms with E-state index in [4.69, 9.17) is 0 Å². The van der Waals surface area contributed by atoms with Crippen LogP contribution in [0.15, 0.2) is 66.9 Å². The number of pyridine rings is 1. The molecule has 0 unspecified atom stereocenters. The van der Waals surface area contributed by atoms with Crippen molar-refractivity contribution in [3.8, 4) is 0 Å². The number of ketones is 1. The van der Waals surface area contributed by atoms with E-state index in [1.807, 2.05) is 18.2 Å². The normalized spacial score (nSPS) is 16.3. The summed E-state index contributed by atoms with van der Waals surface area (Å²) in [7, 11) is 0. The van der Waals surface area contributed by atoms with Crippen molar-refractivity contribution in [1.29, 1.82) is 0 Å². The Morgan fingerprint density at radius 3 is 2.48 bits per heavy atom. The van der Waals surface area contributed by atoms with Crippen molar-refractivity contribution in [2.75, 3.05) is 6.54 Å². The second-order valence-electron chi connectivity index (χ2n) is 9.49. The Morgan fingerprint density at radius 1 is 1.02 bits per heavy atom. The highest BCUT2D eigenvalue weighted by Crippen LogP contribution is 2.20. The third-order valence-electron chi connectivity index (χ3n) is 6.46. The molecule has 0 bridgehead atoms. The molecule has 206 valence electrons. The number of nitrogens with zero attached hydrogens (tertiary/aromatic N) is 3. The van der Waals surface area contributed by atoms with Crippen LogP contribution >= 0.6 is 0 Å². The van der Waals surface area contributed by atoms with Gasteiger partial charge in [-0.15, -0.1) is 0 Å². The van der Waals surface area contributed by atoms with Crippen molar-refractivity contribution in [3.63, 3.8) is 0 Å². The van der Waals surface area contributed by atoms with Crippen LogP contribution in [0.5, 0.6) is 0 Å². The molecule has 40 heavy (non-hydrogen) atoms. The van der Waals surface area contributed by atoms with Crippen molar-refractivity contribution in [2.45, 2.75) is 44.8 Å². The molecule has 0 aliphatic carbocycles. The first-order valence-corrected chi connectivity index (χ1v) is 12.8. The number of aromatic nitrogens is 1. The third kappa shape index (κ3) is 6.73. The average molecular weight is 544 g/mol. The lowest BCUT2D eigenvalue weighted by Crippen LogP contribution is -2.57. The predicted octanol–water partition coefficient (Wildman–Crippen LogP) is 1.56. The van der Waals surface area contributed by atoms with Gasteiger partial charge in [-0.05, 0) is 30.4 Å². The van der Waals surface area contributed by atoms with E-state index in [9.17, 15) is 28.8 Å². The van der Waals surface area contributed by atoms with Crippen molar-refractivity contribution >= 4 is 46.5 Å². The van der Waals surface area contributed by atoms with Gasteiger partial charge in [0.2, 0.25) is 11.8 Å². The number of amides is 4. The van der Waals surface area contributed by atoms with E-state index in [2.05, 4.69) is 15.6 Å². The zero-order chi connectivity index (χ0) is 28.6. The first kappa shape index (κ1) is 28.1. The molecule has 1 saturated heterocycles. The molecule has 3 aromatic rings. The SMILES string of the molecule is CC(=O)C[C@@H](C=O)NC(=O)CN1C(=O)[C@@H](NC(=O)c2nccc3ccccc23)CCC(=O)N1Cc1ccccc1. The number of nitrogens with one attached hydrogen (secondary N) is 2. The Balaban J connectivity index is 1.60. The van der Waals surface area contributed by atoms with Crippen molar-refractivity contribution in [2.24, 2.45) is 0 Å². The average Bonchev–Trinajstić information content (AvgIpc) is 3.05. The zero-order valence-electron chi connectivity index (χ0n) is 21.9. The van der Waals surface area contributed by atoms with Gasteiger partial charge in [0.25, 0.3) is 11.8 Å². The van der Waals surface area contributed by atoms with E-state index in [-0.39, 0.29) is 37.3 Å². The minimum atomic E-state index is -1.12. The maximum atomic E-state index is 13.8. The molecule has 1 aliphatic heterocycles. The topological polar surface area (TPSA) is 146 Å². The highest BCUT2D eigenvalue weighted by atomic mass is 16.2. The van der Waals surface area contributed by atoms with Crippen LogP contribution < -0.4 is 10.6 Å². The second-order valence-corrected chi connectivity index (χ2v) is 9.49. The molecule has 0 radical (unpaired) electrons. The van der Waals surface area contributed by atoms with Gasteiger partial charge in [-0.2, -0.15) is 0 Å². The maximum absolute atomic E-state index is 13.8. The fourth-order valence-electron chi connectivity index (χ4n) is 4.54. The number of rotatable bonds is 10. The minimum absolute atomic E-state index is 0.00872. The monoisotopic (exact) mass is 543 g/mol. The van der Waals surface area contributed by atoms with E-state index in [0.29, 0.717) is 11.7 Å². The number of carbonyl (C=O) groups excluding carboxylic acids is 6. The second kappa shape index (κ2) is 12.7. The Hall–Kier alpha value is -4.93. The van der Waals surface area contributed by atoms with Crippen molar-refractivity contribution in [1.82, 2.24) is 25.6 Å². The summed E-state index contributed by atoms with van der Waals surface area (Å²) in [6, 6.07) is 15.7. The fourth-order valence-corrected chi connectivity index (χ4v) is 4.54. The lowest BCUT2D eigenvalue weighted by molar-refractivity contribution is -0.165. The number of hydrazine groups is 1. The third-order valence-corrected chi connectivity index (χ3v) is 6.46. The summed E-state index contributed by atoms with van der Waals surface area (Å²) in [6.45, 7) is 0.701. The number of fused-ring (bicyclic) bond motifs is 1. The number of carbonyl (C=O) groups is 6. The van der Waals surface area contributed by atoms with E-state index >= 15 is 0 Å². The van der Waals surface area contributed by atoms with E-state index in [0.717, 1.165) is 16.0 Å². The Labute approximate surface area is 230 Å². The molecule has 0 spiro atoms. The Kier molecular flexibility index (Phi) is 8.95. The van der Waals surface area contributed by atoms with Crippen LogP contribution in [0.25, 0.3) is 10.8 Å². The molecule has 2 aromatic carbocycles. The molecular weight excluding hydrogens is 514 g/mol. The van der Waals surface area contributed by atoms with Crippen molar-refractivity contribution < 1.29 is 28.8 Å². The molecule has 11 nitrogen and oxygen atoms in total. The molecule has 4 amide bonds. The van der Waals surface area contributed by atoms with Crippen LogP contribution in [0.2, 0.25) is 0 Å². The van der Waals surface area contributed by atoms with Gasteiger partial charge < -0.3 is 15.4 Å². The molecule has 2 heterocycles. The summed E-state index contributed by atoms with van der Waals surface area (Å²) in [5, 5.41) is 8.71. The molecule has 2 atom stereocenters. The smallest absolute Gasteiger partial charge is 0.271 e. The van der Waals surface area contributed by atoms with Crippen LogP contribution in [0.3, 0.4) is 0 Å². The van der Waals surface area contributed by atoms with Gasteiger partial charge in [0, 0.05) is 24.4 Å². The summed E-state index contributed by atoms with van der Waals surface area (Å²) in [4.78, 5) is 80.2. The van der Waals surface area contributed by atoms with Crippen LogP contribution in [-0.4, -0.2) is 69.3 Å². The number of hydrogen-bond donors (Lipinski definition) is 2. The van der Waals surface area contributed by atoms with Crippen LogP contribution in [-0.2, 0) is 30.5 Å². The molecule has 1 aliphatic rings. The first-order valence-electron chi connectivity index (χ1n) is 12.8.